The Bertz CT molecular complexity index is 219. The Labute approximate surface area is 86.2 Å². The third-order valence-corrected chi connectivity index (χ3v) is 1.31. The van der Waals surface area contributed by atoms with Crippen molar-refractivity contribution in [3.8, 4) is 0 Å². The molecule has 0 unspecified atom stereocenters. The zero-order valence-electron chi connectivity index (χ0n) is 6.14. The zero-order valence-corrected chi connectivity index (χ0v) is 8.40. The number of halogens is 3. The molecule has 1 rings (SSSR count). The van der Waals surface area contributed by atoms with E-state index in [4.69, 9.17) is 16.4 Å². The molecule has 12 heavy (non-hydrogen) atoms. The van der Waals surface area contributed by atoms with Gasteiger partial charge in [0.05, 0.1) is 0 Å². The van der Waals surface area contributed by atoms with Crippen LogP contribution in [0.2, 0.25) is 0 Å². The Morgan fingerprint density at radius 1 is 1.17 bits per heavy atom. The van der Waals surface area contributed by atoms with E-state index in [1.165, 1.54) is 5.56 Å². The molecule has 0 bridgehead atoms. The van der Waals surface area contributed by atoms with Crippen molar-refractivity contribution in [3.63, 3.8) is 0 Å². The molecular weight excluding hydrogens is 218 g/mol. The lowest BCUT2D eigenvalue weighted by Gasteiger charge is -1.88. The van der Waals surface area contributed by atoms with Crippen LogP contribution >= 0.6 is 34.8 Å². The van der Waals surface area contributed by atoms with Gasteiger partial charge in [-0.1, -0.05) is 30.3 Å². The van der Waals surface area contributed by atoms with Gasteiger partial charge in [-0.2, -0.15) is 0 Å². The number of rotatable bonds is 1. The van der Waals surface area contributed by atoms with Gasteiger partial charge in [0.2, 0.25) is 0 Å². The summed E-state index contributed by atoms with van der Waals surface area (Å²) in [6, 6.07) is 9.96. The average Bonchev–Trinajstić information content (AvgIpc) is 2.05. The van der Waals surface area contributed by atoms with Crippen molar-refractivity contribution in [3.05, 3.63) is 35.9 Å². The van der Waals surface area contributed by atoms with Gasteiger partial charge in [-0.3, -0.25) is 4.79 Å². The first-order chi connectivity index (χ1) is 5.66. The van der Waals surface area contributed by atoms with Crippen LogP contribution in [0.25, 0.3) is 0 Å². The second kappa shape index (κ2) is 7.41. The number of carbonyl (C=O) groups is 1. The molecule has 0 radical (unpaired) electrons. The summed E-state index contributed by atoms with van der Waals surface area (Å²) in [5.74, 6) is 0.612. The smallest absolute Gasteiger partial charge is 0.262 e. The molecule has 1 aromatic carbocycles. The molecule has 1 aromatic rings. The lowest BCUT2D eigenvalue weighted by molar-refractivity contribution is 0.275. The highest BCUT2D eigenvalue weighted by molar-refractivity contribution is 6.93. The van der Waals surface area contributed by atoms with Crippen LogP contribution in [0.1, 0.15) is 5.56 Å². The monoisotopic (exact) mass is 224 g/mol. The van der Waals surface area contributed by atoms with Crippen molar-refractivity contribution in [2.75, 3.05) is 0 Å². The molecule has 0 aliphatic carbocycles. The van der Waals surface area contributed by atoms with Crippen LogP contribution < -0.4 is 0 Å². The minimum Gasteiger partial charge on any atom is -0.262 e. The molecule has 0 aliphatic heterocycles. The summed E-state index contributed by atoms with van der Waals surface area (Å²) in [7, 11) is 0. The van der Waals surface area contributed by atoms with E-state index in [0.717, 1.165) is 0 Å². The lowest BCUT2D eigenvalue weighted by atomic mass is 10.2. The number of alkyl halides is 1. The van der Waals surface area contributed by atoms with Crippen molar-refractivity contribution in [1.82, 2.24) is 0 Å². The van der Waals surface area contributed by atoms with E-state index in [1.807, 2.05) is 30.3 Å². The van der Waals surface area contributed by atoms with Crippen molar-refractivity contribution < 1.29 is 4.79 Å². The molecule has 0 N–H and O–H groups in total. The third kappa shape index (κ3) is 7.86. The summed E-state index contributed by atoms with van der Waals surface area (Å²) in [5, 5.41) is 0. The van der Waals surface area contributed by atoms with Crippen LogP contribution in [0.15, 0.2) is 30.3 Å². The molecule has 0 aromatic heterocycles. The third-order valence-electron chi connectivity index (χ3n) is 0.997. The Balaban J connectivity index is 0.000000261. The lowest BCUT2D eigenvalue weighted by Crippen LogP contribution is -1.71. The van der Waals surface area contributed by atoms with E-state index < -0.39 is 4.70 Å². The van der Waals surface area contributed by atoms with Gasteiger partial charge in [-0.05, 0) is 28.8 Å². The fourth-order valence-electron chi connectivity index (χ4n) is 0.567. The maximum atomic E-state index is 8.98. The van der Waals surface area contributed by atoms with Gasteiger partial charge >= 0.3 is 4.70 Å². The average molecular weight is 226 g/mol. The highest BCUT2D eigenvalue weighted by Crippen LogP contribution is 2.00. The molecule has 0 aliphatic rings. The van der Waals surface area contributed by atoms with Gasteiger partial charge in [0.25, 0.3) is 0 Å². The normalized spacial score (nSPS) is 8.25. The number of benzene rings is 1. The van der Waals surface area contributed by atoms with E-state index in [0.29, 0.717) is 5.88 Å². The molecule has 0 saturated carbocycles. The quantitative estimate of drug-likeness (QED) is 0.521. The summed E-state index contributed by atoms with van der Waals surface area (Å²) >= 11 is 14.3. The van der Waals surface area contributed by atoms with Gasteiger partial charge in [0.15, 0.2) is 0 Å². The minimum absolute atomic E-state index is 0.612. The second-order valence-electron chi connectivity index (χ2n) is 1.84. The van der Waals surface area contributed by atoms with Crippen molar-refractivity contribution >= 4 is 39.5 Å². The predicted molar refractivity (Wildman–Crippen MR) is 53.1 cm³/mol. The number of hydrogen-bond donors (Lipinski definition) is 0. The maximum absolute atomic E-state index is 8.98. The first kappa shape index (κ1) is 11.8. The Morgan fingerprint density at radius 3 is 1.83 bits per heavy atom. The molecule has 0 atom stereocenters. The fourth-order valence-corrected chi connectivity index (χ4v) is 0.745. The van der Waals surface area contributed by atoms with E-state index >= 15 is 0 Å². The number of hydrogen-bond acceptors (Lipinski definition) is 1. The summed E-state index contributed by atoms with van der Waals surface area (Å²) in [5.41, 5.74) is 1.18. The molecule has 0 amide bonds. The van der Waals surface area contributed by atoms with Crippen LogP contribution in [0.5, 0.6) is 0 Å². The Kier molecular flexibility index (Phi) is 7.26. The van der Waals surface area contributed by atoms with E-state index in [1.54, 1.807) is 0 Å². The van der Waals surface area contributed by atoms with Gasteiger partial charge in [-0.25, -0.2) is 0 Å². The standard InChI is InChI=1S/C7H7Cl.CCl2O/c8-6-7-4-2-1-3-5-7;2-1(3)4/h1-5H,6H2;. The molecule has 0 spiro atoms. The van der Waals surface area contributed by atoms with Crippen molar-refractivity contribution in [2.24, 2.45) is 0 Å². The first-order valence-corrected chi connectivity index (χ1v) is 4.40. The fraction of sp³-hybridized carbons (Fsp3) is 0.125. The topological polar surface area (TPSA) is 17.1 Å². The predicted octanol–water partition coefficient (Wildman–Crippen LogP) is 4.01. The Hall–Kier alpha value is -0.240. The molecule has 4 heteroatoms. The molecule has 0 saturated heterocycles. The second-order valence-corrected chi connectivity index (χ2v) is 2.99. The van der Waals surface area contributed by atoms with E-state index in [2.05, 4.69) is 23.2 Å². The van der Waals surface area contributed by atoms with Gasteiger partial charge in [0.1, 0.15) is 0 Å². The van der Waals surface area contributed by atoms with Gasteiger partial charge in [0, 0.05) is 5.88 Å². The van der Waals surface area contributed by atoms with Crippen LogP contribution in [0.4, 0.5) is 4.79 Å². The van der Waals surface area contributed by atoms with Crippen molar-refractivity contribution in [2.45, 2.75) is 5.88 Å². The zero-order chi connectivity index (χ0) is 9.40. The number of carbonyl (C=O) groups excluding carboxylic acids is 1. The summed E-state index contributed by atoms with van der Waals surface area (Å²) in [6.07, 6.45) is 0. The molecule has 0 heterocycles. The van der Waals surface area contributed by atoms with Crippen LogP contribution in [0, 0.1) is 0 Å². The van der Waals surface area contributed by atoms with Crippen LogP contribution in [-0.2, 0) is 5.88 Å². The first-order valence-electron chi connectivity index (χ1n) is 3.11. The molecule has 1 nitrogen and oxygen atoms in total. The highest BCUT2D eigenvalue weighted by atomic mass is 35.5. The minimum atomic E-state index is -0.889. The largest absolute Gasteiger partial charge is 0.313 e. The summed E-state index contributed by atoms with van der Waals surface area (Å²) in [6.45, 7) is 0. The summed E-state index contributed by atoms with van der Waals surface area (Å²) < 4.78 is -0.889. The van der Waals surface area contributed by atoms with Crippen LogP contribution in [0.3, 0.4) is 0 Å². The van der Waals surface area contributed by atoms with Crippen molar-refractivity contribution in [1.29, 1.82) is 0 Å². The SMILES string of the molecule is ClCc1ccccc1.O=C(Cl)Cl. The Morgan fingerprint density at radius 2 is 1.58 bits per heavy atom. The molecule has 0 fully saturated rings. The van der Waals surface area contributed by atoms with Crippen LogP contribution in [-0.4, -0.2) is 4.70 Å². The molecule has 66 valence electrons. The van der Waals surface area contributed by atoms with Gasteiger partial charge in [-0.15, -0.1) is 11.6 Å². The van der Waals surface area contributed by atoms with E-state index in [9.17, 15) is 0 Å². The highest BCUT2D eigenvalue weighted by Gasteiger charge is 1.81. The maximum Gasteiger partial charge on any atom is 0.313 e. The summed E-state index contributed by atoms with van der Waals surface area (Å²) in [4.78, 5) is 8.98. The van der Waals surface area contributed by atoms with E-state index in [-0.39, 0.29) is 0 Å². The molecular formula is C8H7Cl3O. The van der Waals surface area contributed by atoms with Gasteiger partial charge < -0.3 is 0 Å².